The standard InChI is InChI=1S/C13H24BrN3S/c1-5-7-15-12(9-18-6-2)13-11(14)8-16-17(13)10(3)4/h8,10,12,15H,5-7,9H2,1-4H3. The number of rotatable bonds is 8. The molecule has 0 radical (unpaired) electrons. The molecule has 0 saturated carbocycles. The van der Waals surface area contributed by atoms with E-state index < -0.39 is 0 Å². The number of nitrogens with one attached hydrogen (secondary N) is 1. The first-order chi connectivity index (χ1) is 8.61. The molecule has 0 aromatic carbocycles. The van der Waals surface area contributed by atoms with Gasteiger partial charge in [-0.25, -0.2) is 0 Å². The Kier molecular flexibility index (Phi) is 7.34. The number of hydrogen-bond donors (Lipinski definition) is 1. The molecule has 3 nitrogen and oxygen atoms in total. The minimum Gasteiger partial charge on any atom is -0.308 e. The van der Waals surface area contributed by atoms with Gasteiger partial charge in [-0.3, -0.25) is 4.68 Å². The van der Waals surface area contributed by atoms with Gasteiger partial charge in [0.05, 0.1) is 22.4 Å². The molecular formula is C13H24BrN3S. The zero-order valence-electron chi connectivity index (χ0n) is 11.7. The Morgan fingerprint density at radius 2 is 2.17 bits per heavy atom. The van der Waals surface area contributed by atoms with E-state index in [4.69, 9.17) is 0 Å². The van der Waals surface area contributed by atoms with Crippen LogP contribution in [0, 0.1) is 0 Å². The van der Waals surface area contributed by atoms with E-state index in [9.17, 15) is 0 Å². The lowest BCUT2D eigenvalue weighted by Gasteiger charge is -2.22. The van der Waals surface area contributed by atoms with E-state index in [1.165, 1.54) is 5.69 Å². The molecule has 0 spiro atoms. The molecule has 1 rings (SSSR count). The van der Waals surface area contributed by atoms with Crippen molar-refractivity contribution in [1.29, 1.82) is 0 Å². The highest BCUT2D eigenvalue weighted by molar-refractivity contribution is 9.10. The van der Waals surface area contributed by atoms with E-state index in [0.29, 0.717) is 12.1 Å². The van der Waals surface area contributed by atoms with Crippen LogP contribution in [-0.4, -0.2) is 27.8 Å². The number of thioether (sulfide) groups is 1. The summed E-state index contributed by atoms with van der Waals surface area (Å²) in [6.45, 7) is 9.80. The summed E-state index contributed by atoms with van der Waals surface area (Å²) in [4.78, 5) is 0. The van der Waals surface area contributed by atoms with Gasteiger partial charge in [-0.1, -0.05) is 13.8 Å². The fraction of sp³-hybridized carbons (Fsp3) is 0.769. The molecule has 0 fully saturated rings. The fourth-order valence-corrected chi connectivity index (χ4v) is 3.17. The summed E-state index contributed by atoms with van der Waals surface area (Å²) in [6, 6.07) is 0.762. The average Bonchev–Trinajstić information content (AvgIpc) is 2.72. The molecule has 0 aliphatic carbocycles. The fourth-order valence-electron chi connectivity index (χ4n) is 1.88. The normalized spacial score (nSPS) is 13.2. The highest BCUT2D eigenvalue weighted by atomic mass is 79.9. The van der Waals surface area contributed by atoms with Crippen LogP contribution in [0.2, 0.25) is 0 Å². The topological polar surface area (TPSA) is 29.9 Å². The zero-order chi connectivity index (χ0) is 13.5. The van der Waals surface area contributed by atoms with Gasteiger partial charge in [-0.2, -0.15) is 16.9 Å². The molecule has 1 unspecified atom stereocenters. The van der Waals surface area contributed by atoms with Crippen LogP contribution in [0.4, 0.5) is 0 Å². The van der Waals surface area contributed by atoms with Gasteiger partial charge in [0.15, 0.2) is 0 Å². The van der Waals surface area contributed by atoms with Crippen LogP contribution in [-0.2, 0) is 0 Å². The van der Waals surface area contributed by atoms with Crippen molar-refractivity contribution in [1.82, 2.24) is 15.1 Å². The maximum atomic E-state index is 4.47. The highest BCUT2D eigenvalue weighted by Crippen LogP contribution is 2.28. The van der Waals surface area contributed by atoms with Gasteiger partial charge in [0.1, 0.15) is 0 Å². The third kappa shape index (κ3) is 4.28. The molecule has 0 saturated heterocycles. The summed E-state index contributed by atoms with van der Waals surface area (Å²) in [5.74, 6) is 2.24. The first-order valence-electron chi connectivity index (χ1n) is 6.65. The second-order valence-corrected chi connectivity index (χ2v) is 6.76. The number of aromatic nitrogens is 2. The maximum absolute atomic E-state index is 4.47. The summed E-state index contributed by atoms with van der Waals surface area (Å²) >= 11 is 5.61. The maximum Gasteiger partial charge on any atom is 0.0707 e. The van der Waals surface area contributed by atoms with Gasteiger partial charge >= 0.3 is 0 Å². The van der Waals surface area contributed by atoms with Gasteiger partial charge in [0, 0.05) is 11.8 Å². The summed E-state index contributed by atoms with van der Waals surface area (Å²) in [7, 11) is 0. The minimum absolute atomic E-state index is 0.370. The number of halogens is 1. The molecule has 0 bridgehead atoms. The molecule has 1 aromatic rings. The van der Waals surface area contributed by atoms with E-state index in [0.717, 1.165) is 28.9 Å². The molecular weight excluding hydrogens is 310 g/mol. The highest BCUT2D eigenvalue weighted by Gasteiger charge is 2.20. The molecule has 1 aromatic heterocycles. The first-order valence-corrected chi connectivity index (χ1v) is 8.60. The molecule has 0 aliphatic rings. The second-order valence-electron chi connectivity index (χ2n) is 4.58. The van der Waals surface area contributed by atoms with Gasteiger partial charge in [-0.05, 0) is 48.5 Å². The van der Waals surface area contributed by atoms with Crippen molar-refractivity contribution < 1.29 is 0 Å². The van der Waals surface area contributed by atoms with Crippen molar-refractivity contribution in [3.8, 4) is 0 Å². The largest absolute Gasteiger partial charge is 0.308 e. The van der Waals surface area contributed by atoms with Gasteiger partial charge < -0.3 is 5.32 Å². The van der Waals surface area contributed by atoms with Crippen LogP contribution >= 0.6 is 27.7 Å². The Hall–Kier alpha value is 0. The van der Waals surface area contributed by atoms with E-state index in [2.05, 4.69) is 58.7 Å². The Labute approximate surface area is 123 Å². The summed E-state index contributed by atoms with van der Waals surface area (Å²) < 4.78 is 3.23. The van der Waals surface area contributed by atoms with Crippen molar-refractivity contribution in [2.45, 2.75) is 46.2 Å². The molecule has 1 N–H and O–H groups in total. The third-order valence-electron chi connectivity index (χ3n) is 2.74. The smallest absolute Gasteiger partial charge is 0.0707 e. The van der Waals surface area contributed by atoms with Gasteiger partial charge in [0.25, 0.3) is 0 Å². The van der Waals surface area contributed by atoms with Gasteiger partial charge in [-0.15, -0.1) is 0 Å². The SMILES string of the molecule is CCCNC(CSCC)c1c(Br)cnn1C(C)C. The number of hydrogen-bond acceptors (Lipinski definition) is 3. The summed E-state index contributed by atoms with van der Waals surface area (Å²) in [5, 5.41) is 8.10. The van der Waals surface area contributed by atoms with E-state index in [-0.39, 0.29) is 0 Å². The first kappa shape index (κ1) is 16.1. The molecule has 0 aliphatic heterocycles. The lowest BCUT2D eigenvalue weighted by molar-refractivity contribution is 0.462. The number of nitrogens with zero attached hydrogens (tertiary/aromatic N) is 2. The van der Waals surface area contributed by atoms with Crippen molar-refractivity contribution >= 4 is 27.7 Å². The Morgan fingerprint density at radius 3 is 2.72 bits per heavy atom. The van der Waals surface area contributed by atoms with Crippen LogP contribution in [0.25, 0.3) is 0 Å². The zero-order valence-corrected chi connectivity index (χ0v) is 14.1. The predicted octanol–water partition coefficient (Wildman–Crippen LogP) is 4.02. The van der Waals surface area contributed by atoms with Crippen LogP contribution in [0.15, 0.2) is 10.7 Å². The Bertz CT molecular complexity index is 344. The average molecular weight is 334 g/mol. The van der Waals surface area contributed by atoms with Crippen molar-refractivity contribution in [2.75, 3.05) is 18.1 Å². The van der Waals surface area contributed by atoms with E-state index >= 15 is 0 Å². The molecule has 5 heteroatoms. The van der Waals surface area contributed by atoms with Crippen molar-refractivity contribution in [3.05, 3.63) is 16.4 Å². The monoisotopic (exact) mass is 333 g/mol. The molecule has 18 heavy (non-hydrogen) atoms. The summed E-state index contributed by atoms with van der Waals surface area (Å²) in [6.07, 6.45) is 3.06. The van der Waals surface area contributed by atoms with E-state index in [1.54, 1.807) is 0 Å². The van der Waals surface area contributed by atoms with Crippen LogP contribution < -0.4 is 5.32 Å². The Balaban J connectivity index is 2.91. The van der Waals surface area contributed by atoms with Gasteiger partial charge in [0.2, 0.25) is 0 Å². The molecule has 104 valence electrons. The predicted molar refractivity (Wildman–Crippen MR) is 84.3 cm³/mol. The minimum atomic E-state index is 0.370. The second kappa shape index (κ2) is 8.23. The van der Waals surface area contributed by atoms with E-state index in [1.807, 2.05) is 18.0 Å². The molecule has 1 atom stereocenters. The summed E-state index contributed by atoms with van der Waals surface area (Å²) in [5.41, 5.74) is 1.28. The van der Waals surface area contributed by atoms with Crippen molar-refractivity contribution in [3.63, 3.8) is 0 Å². The lowest BCUT2D eigenvalue weighted by Crippen LogP contribution is -2.27. The quantitative estimate of drug-likeness (QED) is 0.779. The van der Waals surface area contributed by atoms with Crippen LogP contribution in [0.5, 0.6) is 0 Å². The third-order valence-corrected chi connectivity index (χ3v) is 4.32. The molecule has 1 heterocycles. The Morgan fingerprint density at radius 1 is 1.44 bits per heavy atom. The van der Waals surface area contributed by atoms with Crippen LogP contribution in [0.3, 0.4) is 0 Å². The lowest BCUT2D eigenvalue weighted by atomic mass is 10.2. The van der Waals surface area contributed by atoms with Crippen molar-refractivity contribution in [2.24, 2.45) is 0 Å². The van der Waals surface area contributed by atoms with Crippen LogP contribution in [0.1, 0.15) is 51.9 Å². The molecule has 0 amide bonds.